The molecule has 0 spiro atoms. The van der Waals surface area contributed by atoms with Crippen molar-refractivity contribution in [1.29, 1.82) is 0 Å². The molecule has 0 radical (unpaired) electrons. The van der Waals surface area contributed by atoms with Crippen LogP contribution in [0.15, 0.2) is 17.2 Å². The van der Waals surface area contributed by atoms with Gasteiger partial charge in [-0.2, -0.15) is 5.10 Å². The molecule has 0 fully saturated rings. The first kappa shape index (κ1) is 16.6. The summed E-state index contributed by atoms with van der Waals surface area (Å²) in [6.45, 7) is 2.19. The van der Waals surface area contributed by atoms with Gasteiger partial charge in [0.1, 0.15) is 0 Å². The quantitative estimate of drug-likeness (QED) is 0.300. The lowest BCUT2D eigenvalue weighted by Crippen LogP contribution is -2.04. The van der Waals surface area contributed by atoms with Gasteiger partial charge in [0, 0.05) is 27.2 Å². The van der Waals surface area contributed by atoms with E-state index in [-0.39, 0.29) is 5.92 Å². The first-order valence-corrected chi connectivity index (χ1v) is 7.61. The molecule has 0 amide bonds. The maximum atomic E-state index is 6.23. The van der Waals surface area contributed by atoms with E-state index in [1.807, 2.05) is 0 Å². The first-order chi connectivity index (χ1) is 9.10. The average Bonchev–Trinajstić information content (AvgIpc) is 2.33. The maximum Gasteiger partial charge on any atom is 0.0474 e. The van der Waals surface area contributed by atoms with Gasteiger partial charge in [-0.15, -0.1) is 0 Å². The molecule has 1 aromatic rings. The van der Waals surface area contributed by atoms with Crippen molar-refractivity contribution in [2.45, 2.75) is 44.9 Å². The molecule has 19 heavy (non-hydrogen) atoms. The Balaban J connectivity index is 2.87. The predicted molar refractivity (Wildman–Crippen MR) is 85.7 cm³/mol. The second-order valence-corrected chi connectivity index (χ2v) is 5.79. The predicted octanol–water partition coefficient (Wildman–Crippen LogP) is 5.65. The molecular weight excluding hydrogens is 303 g/mol. The van der Waals surface area contributed by atoms with Crippen LogP contribution in [0.25, 0.3) is 0 Å². The second kappa shape index (κ2) is 8.68. The lowest BCUT2D eigenvalue weighted by atomic mass is 9.94. The number of hydrogen-bond acceptors (Lipinski definition) is 2. The molecule has 1 rings (SSSR count). The molecule has 0 aliphatic carbocycles. The average molecular weight is 322 g/mol. The van der Waals surface area contributed by atoms with Crippen LogP contribution in [-0.4, -0.2) is 6.21 Å². The van der Waals surface area contributed by atoms with Crippen LogP contribution in [0.1, 0.15) is 50.5 Å². The molecule has 1 aromatic carbocycles. The van der Waals surface area contributed by atoms with Crippen LogP contribution in [0, 0.1) is 0 Å². The van der Waals surface area contributed by atoms with Crippen LogP contribution in [0.2, 0.25) is 15.1 Å². The summed E-state index contributed by atoms with van der Waals surface area (Å²) < 4.78 is 0. The number of unbranched alkanes of at least 4 members (excludes halogenated alkanes) is 3. The number of halogens is 3. The van der Waals surface area contributed by atoms with Crippen LogP contribution in [0.5, 0.6) is 0 Å². The molecule has 5 heteroatoms. The van der Waals surface area contributed by atoms with Crippen molar-refractivity contribution < 1.29 is 0 Å². The molecule has 0 saturated heterocycles. The molecule has 0 aliphatic rings. The minimum Gasteiger partial charge on any atom is -0.324 e. The molecule has 106 valence electrons. The zero-order chi connectivity index (χ0) is 14.3. The highest BCUT2D eigenvalue weighted by molar-refractivity contribution is 6.39. The van der Waals surface area contributed by atoms with E-state index in [4.69, 9.17) is 40.6 Å². The summed E-state index contributed by atoms with van der Waals surface area (Å²) in [6.07, 6.45) is 7.36. The van der Waals surface area contributed by atoms with Crippen molar-refractivity contribution in [3.63, 3.8) is 0 Å². The Morgan fingerprint density at radius 2 is 1.79 bits per heavy atom. The third kappa shape index (κ3) is 5.21. The van der Waals surface area contributed by atoms with E-state index in [0.29, 0.717) is 15.1 Å². The summed E-state index contributed by atoms with van der Waals surface area (Å²) in [5.41, 5.74) is 0.860. The Morgan fingerprint density at radius 1 is 1.16 bits per heavy atom. The van der Waals surface area contributed by atoms with Crippen molar-refractivity contribution >= 4 is 41.0 Å². The zero-order valence-electron chi connectivity index (χ0n) is 11.0. The molecule has 0 saturated carbocycles. The fourth-order valence-corrected chi connectivity index (χ4v) is 3.19. The summed E-state index contributed by atoms with van der Waals surface area (Å²) in [4.78, 5) is 0. The van der Waals surface area contributed by atoms with E-state index in [9.17, 15) is 0 Å². The largest absolute Gasteiger partial charge is 0.324 e. The highest BCUT2D eigenvalue weighted by Gasteiger charge is 2.17. The summed E-state index contributed by atoms with van der Waals surface area (Å²) in [5.74, 6) is 5.33. The molecule has 0 heterocycles. The molecule has 1 atom stereocenters. The van der Waals surface area contributed by atoms with Crippen LogP contribution in [0.4, 0.5) is 0 Å². The number of nitrogens with two attached hydrogens (primary N) is 1. The van der Waals surface area contributed by atoms with Gasteiger partial charge < -0.3 is 5.84 Å². The maximum absolute atomic E-state index is 6.23. The Hall–Kier alpha value is -0.440. The van der Waals surface area contributed by atoms with Gasteiger partial charge in [-0.3, -0.25) is 0 Å². The third-order valence-electron chi connectivity index (χ3n) is 3.05. The van der Waals surface area contributed by atoms with Crippen LogP contribution < -0.4 is 5.84 Å². The van der Waals surface area contributed by atoms with Gasteiger partial charge in [0.2, 0.25) is 0 Å². The van der Waals surface area contributed by atoms with Gasteiger partial charge in [0.25, 0.3) is 0 Å². The topological polar surface area (TPSA) is 38.4 Å². The summed E-state index contributed by atoms with van der Waals surface area (Å²) >= 11 is 18.4. The van der Waals surface area contributed by atoms with Gasteiger partial charge >= 0.3 is 0 Å². The van der Waals surface area contributed by atoms with Crippen LogP contribution >= 0.6 is 34.8 Å². The summed E-state index contributed by atoms with van der Waals surface area (Å²) in [6, 6.07) is 3.40. The van der Waals surface area contributed by atoms with E-state index in [2.05, 4.69) is 12.0 Å². The lowest BCUT2D eigenvalue weighted by Gasteiger charge is -2.16. The van der Waals surface area contributed by atoms with Gasteiger partial charge in [-0.25, -0.2) is 0 Å². The molecule has 0 aromatic heterocycles. The Bertz CT molecular complexity index is 410. The number of benzene rings is 1. The minimum atomic E-state index is 0.0409. The van der Waals surface area contributed by atoms with E-state index in [0.717, 1.165) is 18.4 Å². The lowest BCUT2D eigenvalue weighted by molar-refractivity contribution is 0.618. The van der Waals surface area contributed by atoms with Crippen molar-refractivity contribution in [3.05, 3.63) is 32.8 Å². The molecule has 1 unspecified atom stereocenters. The molecule has 0 aliphatic heterocycles. The smallest absolute Gasteiger partial charge is 0.0474 e. The fourth-order valence-electron chi connectivity index (χ4n) is 2.10. The van der Waals surface area contributed by atoms with Crippen molar-refractivity contribution in [2.75, 3.05) is 0 Å². The molecule has 2 N–H and O–H groups in total. The van der Waals surface area contributed by atoms with E-state index in [1.54, 1.807) is 18.3 Å². The van der Waals surface area contributed by atoms with Crippen molar-refractivity contribution in [2.24, 2.45) is 10.9 Å². The Labute approximate surface area is 129 Å². The fraction of sp³-hybridized carbons (Fsp3) is 0.500. The molecule has 0 bridgehead atoms. The van der Waals surface area contributed by atoms with Gasteiger partial charge in [-0.05, 0) is 24.1 Å². The zero-order valence-corrected chi connectivity index (χ0v) is 13.3. The Morgan fingerprint density at radius 3 is 2.32 bits per heavy atom. The van der Waals surface area contributed by atoms with Crippen LogP contribution in [-0.2, 0) is 0 Å². The van der Waals surface area contributed by atoms with E-state index >= 15 is 0 Å². The highest BCUT2D eigenvalue weighted by Crippen LogP contribution is 2.36. The molecular formula is C14H19Cl3N2. The summed E-state index contributed by atoms with van der Waals surface area (Å²) in [7, 11) is 0. The normalized spacial score (nSPS) is 13.1. The second-order valence-electron chi connectivity index (χ2n) is 4.54. The standard InChI is InChI=1S/C14H19Cl3N2/c1-2-3-4-5-6-10(9-19-18)14-12(16)7-11(15)8-13(14)17/h7-10H,2-6,18H2,1H3/b19-9+. The highest BCUT2D eigenvalue weighted by atomic mass is 35.5. The Kier molecular flexibility index (Phi) is 7.59. The van der Waals surface area contributed by atoms with Gasteiger partial charge in [-0.1, -0.05) is 67.4 Å². The first-order valence-electron chi connectivity index (χ1n) is 6.48. The van der Waals surface area contributed by atoms with Gasteiger partial charge in [0.15, 0.2) is 0 Å². The third-order valence-corrected chi connectivity index (χ3v) is 3.89. The number of nitrogens with zero attached hydrogens (tertiary/aromatic N) is 1. The van der Waals surface area contributed by atoms with Gasteiger partial charge in [0.05, 0.1) is 0 Å². The number of hydrogen-bond donors (Lipinski definition) is 1. The van der Waals surface area contributed by atoms with Crippen molar-refractivity contribution in [1.82, 2.24) is 0 Å². The summed E-state index contributed by atoms with van der Waals surface area (Å²) in [5, 5.41) is 5.31. The molecule has 2 nitrogen and oxygen atoms in total. The van der Waals surface area contributed by atoms with E-state index < -0.39 is 0 Å². The SMILES string of the molecule is CCCCCCC(/C=N/N)c1c(Cl)cc(Cl)cc1Cl. The minimum absolute atomic E-state index is 0.0409. The number of hydrazone groups is 1. The van der Waals surface area contributed by atoms with Crippen molar-refractivity contribution in [3.8, 4) is 0 Å². The number of rotatable bonds is 7. The van der Waals surface area contributed by atoms with Crippen LogP contribution in [0.3, 0.4) is 0 Å². The monoisotopic (exact) mass is 320 g/mol. The van der Waals surface area contributed by atoms with E-state index in [1.165, 1.54) is 19.3 Å².